The highest BCUT2D eigenvalue weighted by atomic mass is 32.1. The van der Waals surface area contributed by atoms with Crippen LogP contribution in [0.25, 0.3) is 0 Å². The molecule has 9 heteroatoms. The van der Waals surface area contributed by atoms with Crippen molar-refractivity contribution in [2.75, 3.05) is 11.9 Å². The number of allylic oxidation sites excluding steroid dienone is 3. The molecule has 5 nitrogen and oxygen atoms in total. The van der Waals surface area contributed by atoms with Crippen LogP contribution in [0, 0.1) is 5.92 Å². The zero-order chi connectivity index (χ0) is 20.5. The number of nitrogens with zero attached hydrogens (tertiary/aromatic N) is 3. The third-order valence-electron chi connectivity index (χ3n) is 4.53. The van der Waals surface area contributed by atoms with Crippen molar-refractivity contribution in [2.45, 2.75) is 38.3 Å². The van der Waals surface area contributed by atoms with E-state index in [-0.39, 0.29) is 24.4 Å². The molecule has 0 saturated carbocycles. The number of anilines is 1. The van der Waals surface area contributed by atoms with E-state index in [2.05, 4.69) is 27.2 Å². The second-order valence-electron chi connectivity index (χ2n) is 7.36. The van der Waals surface area contributed by atoms with Gasteiger partial charge in [-0.3, -0.25) is 0 Å². The third-order valence-corrected chi connectivity index (χ3v) is 6.00. The molecule has 1 aliphatic carbocycles. The Labute approximate surface area is 165 Å². The zero-order valence-corrected chi connectivity index (χ0v) is 16.5. The molecule has 0 spiro atoms. The van der Waals surface area contributed by atoms with Crippen LogP contribution in [0.15, 0.2) is 42.4 Å². The Morgan fingerprint density at radius 1 is 1.25 bits per heavy atom. The van der Waals surface area contributed by atoms with Gasteiger partial charge in [-0.1, -0.05) is 32.9 Å². The lowest BCUT2D eigenvalue weighted by Crippen LogP contribution is -2.21. The van der Waals surface area contributed by atoms with Gasteiger partial charge in [0.05, 0.1) is 6.61 Å². The summed E-state index contributed by atoms with van der Waals surface area (Å²) in [5.74, 6) is 0.1000. The molecule has 3 rings (SSSR count). The number of aliphatic hydroxyl groups excluding tert-OH is 1. The number of aliphatic hydroxyl groups is 1. The van der Waals surface area contributed by atoms with Crippen molar-refractivity contribution in [1.29, 1.82) is 0 Å². The predicted octanol–water partition coefficient (Wildman–Crippen LogP) is 4.51. The van der Waals surface area contributed by atoms with E-state index >= 15 is 0 Å². The minimum absolute atomic E-state index is 0.00436. The van der Waals surface area contributed by atoms with Gasteiger partial charge in [-0.25, -0.2) is 15.0 Å². The lowest BCUT2D eigenvalue weighted by molar-refractivity contribution is -0.141. The van der Waals surface area contributed by atoms with Crippen molar-refractivity contribution in [3.05, 3.63) is 58.0 Å². The van der Waals surface area contributed by atoms with E-state index in [0.717, 1.165) is 22.1 Å². The summed E-state index contributed by atoms with van der Waals surface area (Å²) in [6, 6.07) is 0.836. The fraction of sp³-hybridized carbons (Fsp3) is 0.421. The van der Waals surface area contributed by atoms with Crippen LogP contribution in [-0.4, -0.2) is 26.7 Å². The van der Waals surface area contributed by atoms with E-state index in [1.54, 1.807) is 6.20 Å². The fourth-order valence-electron chi connectivity index (χ4n) is 2.73. The number of halogens is 3. The minimum atomic E-state index is -4.52. The molecule has 28 heavy (non-hydrogen) atoms. The Kier molecular flexibility index (Phi) is 5.58. The predicted molar refractivity (Wildman–Crippen MR) is 102 cm³/mol. The van der Waals surface area contributed by atoms with Gasteiger partial charge in [-0.15, -0.1) is 11.3 Å². The summed E-state index contributed by atoms with van der Waals surface area (Å²) in [4.78, 5) is 12.9. The smallest absolute Gasteiger partial charge is 0.395 e. The summed E-state index contributed by atoms with van der Waals surface area (Å²) in [6.45, 7) is 5.91. The number of nitrogens with one attached hydrogen (secondary N) is 1. The van der Waals surface area contributed by atoms with Crippen molar-refractivity contribution in [1.82, 2.24) is 15.0 Å². The number of hydrogen-bond donors (Lipinski definition) is 2. The topological polar surface area (TPSA) is 70.9 Å². The lowest BCUT2D eigenvalue weighted by Gasteiger charge is -2.22. The average molecular weight is 410 g/mol. The monoisotopic (exact) mass is 410 g/mol. The fourth-order valence-corrected chi connectivity index (χ4v) is 3.92. The van der Waals surface area contributed by atoms with E-state index in [0.29, 0.717) is 5.70 Å². The van der Waals surface area contributed by atoms with Gasteiger partial charge in [0.1, 0.15) is 10.7 Å². The highest BCUT2D eigenvalue weighted by Crippen LogP contribution is 2.38. The van der Waals surface area contributed by atoms with Crippen LogP contribution >= 0.6 is 11.3 Å². The number of thiazole rings is 1. The molecule has 2 aromatic heterocycles. The summed E-state index contributed by atoms with van der Waals surface area (Å²) in [5.41, 5.74) is -0.791. The van der Waals surface area contributed by atoms with Crippen molar-refractivity contribution >= 4 is 17.3 Å². The maximum atomic E-state index is 12.8. The minimum Gasteiger partial charge on any atom is -0.395 e. The van der Waals surface area contributed by atoms with E-state index in [1.165, 1.54) is 11.3 Å². The first-order valence-electron chi connectivity index (χ1n) is 8.74. The van der Waals surface area contributed by atoms with Crippen molar-refractivity contribution in [2.24, 2.45) is 5.92 Å². The first kappa shape index (κ1) is 20.5. The van der Waals surface area contributed by atoms with E-state index in [1.807, 2.05) is 32.1 Å². The molecule has 150 valence electrons. The number of rotatable bonds is 5. The molecule has 0 fully saturated rings. The molecule has 2 aromatic rings. The van der Waals surface area contributed by atoms with E-state index < -0.39 is 17.3 Å². The maximum Gasteiger partial charge on any atom is 0.433 e. The quantitative estimate of drug-likeness (QED) is 0.759. The van der Waals surface area contributed by atoms with Crippen LogP contribution < -0.4 is 5.32 Å². The lowest BCUT2D eigenvalue weighted by atomic mass is 9.88. The number of alkyl halides is 3. The van der Waals surface area contributed by atoms with Crippen molar-refractivity contribution in [3.63, 3.8) is 0 Å². The van der Waals surface area contributed by atoms with Gasteiger partial charge >= 0.3 is 6.18 Å². The summed E-state index contributed by atoms with van der Waals surface area (Å²) < 4.78 is 38.5. The van der Waals surface area contributed by atoms with Crippen LogP contribution in [0.5, 0.6) is 0 Å². The van der Waals surface area contributed by atoms with Gasteiger partial charge in [0.15, 0.2) is 0 Å². The Balaban J connectivity index is 1.83. The van der Waals surface area contributed by atoms with Gasteiger partial charge in [0, 0.05) is 34.3 Å². The molecule has 2 N–H and O–H groups in total. The Hall–Kier alpha value is -2.26. The molecule has 0 radical (unpaired) electrons. The van der Waals surface area contributed by atoms with Crippen LogP contribution in [0.4, 0.5) is 19.1 Å². The molecule has 2 unspecified atom stereocenters. The van der Waals surface area contributed by atoms with Gasteiger partial charge in [0.25, 0.3) is 0 Å². The molecule has 0 aliphatic heterocycles. The first-order valence-corrected chi connectivity index (χ1v) is 9.56. The third kappa shape index (κ3) is 4.41. The summed E-state index contributed by atoms with van der Waals surface area (Å²) in [5, 5.41) is 13.2. The van der Waals surface area contributed by atoms with Crippen molar-refractivity contribution in [3.8, 4) is 0 Å². The molecular formula is C19H21F3N4OS. The Morgan fingerprint density at radius 3 is 2.68 bits per heavy atom. The normalized spacial score (nSPS) is 20.2. The molecular weight excluding hydrogens is 389 g/mol. The van der Waals surface area contributed by atoms with E-state index in [9.17, 15) is 18.3 Å². The van der Waals surface area contributed by atoms with Crippen molar-refractivity contribution < 1.29 is 18.3 Å². The molecule has 2 heterocycles. The SMILES string of the molecule is CC1C=CC(Nc2nccc(C(F)(F)F)n2)=CC1c1cnc(C(C)(C)CO)s1. The molecule has 2 atom stereocenters. The van der Waals surface area contributed by atoms with Gasteiger partial charge in [-0.2, -0.15) is 13.2 Å². The highest BCUT2D eigenvalue weighted by Gasteiger charge is 2.33. The largest absolute Gasteiger partial charge is 0.433 e. The second kappa shape index (κ2) is 7.63. The first-order chi connectivity index (χ1) is 13.1. The Bertz CT molecular complexity index is 905. The number of aromatic nitrogens is 3. The van der Waals surface area contributed by atoms with Crippen LogP contribution in [0.3, 0.4) is 0 Å². The molecule has 0 bridgehead atoms. The Morgan fingerprint density at radius 2 is 2.00 bits per heavy atom. The van der Waals surface area contributed by atoms with Crippen LogP contribution in [0.2, 0.25) is 0 Å². The van der Waals surface area contributed by atoms with Gasteiger partial charge in [-0.05, 0) is 18.1 Å². The average Bonchev–Trinajstić information content (AvgIpc) is 3.14. The molecule has 0 aromatic carbocycles. The second-order valence-corrected chi connectivity index (χ2v) is 8.43. The highest BCUT2D eigenvalue weighted by molar-refractivity contribution is 7.11. The summed E-state index contributed by atoms with van der Waals surface area (Å²) >= 11 is 1.53. The van der Waals surface area contributed by atoms with Gasteiger partial charge in [0.2, 0.25) is 5.95 Å². The van der Waals surface area contributed by atoms with Crippen LogP contribution in [-0.2, 0) is 11.6 Å². The standard InChI is InChI=1S/C19H21F3N4OS/c1-11-4-5-12(25-17-23-7-6-15(26-17)19(20,21)22)8-13(11)14-9-24-16(28-14)18(2,3)10-27/h4-9,11,13,27H,10H2,1-3H3,(H,23,25,26). The number of hydrogen-bond acceptors (Lipinski definition) is 6. The van der Waals surface area contributed by atoms with Crippen LogP contribution in [0.1, 0.15) is 42.3 Å². The molecule has 0 amide bonds. The van der Waals surface area contributed by atoms with E-state index in [4.69, 9.17) is 0 Å². The molecule has 1 aliphatic rings. The summed E-state index contributed by atoms with van der Waals surface area (Å²) in [7, 11) is 0. The zero-order valence-electron chi connectivity index (χ0n) is 15.7. The molecule has 0 saturated heterocycles. The van der Waals surface area contributed by atoms with Gasteiger partial charge < -0.3 is 10.4 Å². The maximum absolute atomic E-state index is 12.8. The summed E-state index contributed by atoms with van der Waals surface area (Å²) in [6.07, 6.45) is 4.09.